The van der Waals surface area contributed by atoms with E-state index < -0.39 is 12.1 Å². The third kappa shape index (κ3) is 3.51. The molecule has 26 heavy (non-hydrogen) atoms. The highest BCUT2D eigenvalue weighted by Crippen LogP contribution is 2.27. The number of carbonyl (C=O) groups is 1. The predicted molar refractivity (Wildman–Crippen MR) is 102 cm³/mol. The lowest BCUT2D eigenvalue weighted by Gasteiger charge is -2.13. The molecule has 0 aliphatic heterocycles. The highest BCUT2D eigenvalue weighted by Gasteiger charge is 2.17. The quantitative estimate of drug-likeness (QED) is 0.586. The average Bonchev–Trinajstić information content (AvgIpc) is 2.62. The van der Waals surface area contributed by atoms with Crippen LogP contribution in [0.1, 0.15) is 12.7 Å². The van der Waals surface area contributed by atoms with E-state index in [0.29, 0.717) is 28.0 Å². The molecule has 0 fully saturated rings. The Morgan fingerprint density at radius 2 is 1.85 bits per heavy atom. The molecule has 0 aliphatic rings. The molecule has 134 valence electrons. The fourth-order valence-corrected chi connectivity index (χ4v) is 2.99. The Balaban J connectivity index is 2.05. The summed E-state index contributed by atoms with van der Waals surface area (Å²) in [5, 5.41) is 0.451. The van der Waals surface area contributed by atoms with Gasteiger partial charge in [-0.05, 0) is 43.7 Å². The van der Waals surface area contributed by atoms with Crippen LogP contribution in [0.2, 0.25) is 0 Å². The third-order valence-corrected chi connectivity index (χ3v) is 4.55. The number of benzene rings is 2. The zero-order chi connectivity index (χ0) is 18.8. The molecule has 0 spiro atoms. The highest BCUT2D eigenvalue weighted by molar-refractivity contribution is 9.10. The van der Waals surface area contributed by atoms with E-state index in [2.05, 4.69) is 20.7 Å². The second-order valence-corrected chi connectivity index (χ2v) is 6.73. The van der Waals surface area contributed by atoms with Crippen molar-refractivity contribution in [3.8, 4) is 16.9 Å². The van der Waals surface area contributed by atoms with E-state index in [-0.39, 0.29) is 5.43 Å². The minimum Gasteiger partial charge on any atom is -0.479 e. The summed E-state index contributed by atoms with van der Waals surface area (Å²) in [7, 11) is 1.30. The van der Waals surface area contributed by atoms with Crippen molar-refractivity contribution in [2.75, 3.05) is 7.11 Å². The first-order valence-electron chi connectivity index (χ1n) is 7.98. The topological polar surface area (TPSA) is 65.7 Å². The summed E-state index contributed by atoms with van der Waals surface area (Å²) < 4.78 is 17.0. The number of hydrogen-bond acceptors (Lipinski definition) is 5. The molecule has 0 radical (unpaired) electrons. The van der Waals surface area contributed by atoms with E-state index in [4.69, 9.17) is 9.15 Å². The lowest BCUT2D eigenvalue weighted by atomic mass is 10.0. The van der Waals surface area contributed by atoms with Crippen molar-refractivity contribution in [3.05, 3.63) is 62.9 Å². The molecule has 1 heterocycles. The Kier molecular flexibility index (Phi) is 5.13. The molecule has 3 rings (SSSR count). The molecule has 1 atom stereocenters. The van der Waals surface area contributed by atoms with Crippen LogP contribution in [0.25, 0.3) is 22.1 Å². The van der Waals surface area contributed by atoms with Gasteiger partial charge in [0.25, 0.3) is 0 Å². The van der Waals surface area contributed by atoms with Crippen molar-refractivity contribution in [1.29, 1.82) is 0 Å². The smallest absolute Gasteiger partial charge is 0.346 e. The molecule has 1 aromatic heterocycles. The van der Waals surface area contributed by atoms with E-state index in [1.54, 1.807) is 32.0 Å². The number of fused-ring (bicyclic) bond motifs is 1. The summed E-state index contributed by atoms with van der Waals surface area (Å²) in [6, 6.07) is 12.4. The van der Waals surface area contributed by atoms with Crippen LogP contribution >= 0.6 is 15.9 Å². The van der Waals surface area contributed by atoms with E-state index in [1.165, 1.54) is 7.11 Å². The number of aryl methyl sites for hydroxylation is 1. The number of methoxy groups -OCH3 is 1. The molecule has 0 bridgehead atoms. The average molecular weight is 417 g/mol. The van der Waals surface area contributed by atoms with Gasteiger partial charge in [0, 0.05) is 10.5 Å². The fraction of sp³-hybridized carbons (Fsp3) is 0.200. The first kappa shape index (κ1) is 18.2. The third-order valence-electron chi connectivity index (χ3n) is 4.02. The molecular weight excluding hydrogens is 400 g/mol. The van der Waals surface area contributed by atoms with Crippen molar-refractivity contribution < 1.29 is 18.7 Å². The largest absolute Gasteiger partial charge is 0.479 e. The summed E-state index contributed by atoms with van der Waals surface area (Å²) >= 11 is 3.39. The summed E-state index contributed by atoms with van der Waals surface area (Å²) in [4.78, 5) is 24.4. The summed E-state index contributed by atoms with van der Waals surface area (Å²) in [5.41, 5.74) is 1.61. The lowest BCUT2D eigenvalue weighted by molar-refractivity contribution is -0.147. The summed E-state index contributed by atoms with van der Waals surface area (Å²) in [5.74, 6) is 0.464. The molecule has 0 aliphatic carbocycles. The van der Waals surface area contributed by atoms with E-state index in [1.807, 2.05) is 24.3 Å². The maximum absolute atomic E-state index is 12.9. The zero-order valence-corrected chi connectivity index (χ0v) is 16.1. The Morgan fingerprint density at radius 1 is 1.15 bits per heavy atom. The Morgan fingerprint density at radius 3 is 2.50 bits per heavy atom. The SMILES string of the molecule is COC(=O)[C@@H](C)Oc1ccc2c(=O)c(-c3ccc(Br)cc3)c(C)oc2c1. The maximum atomic E-state index is 12.9. The van der Waals surface area contributed by atoms with Gasteiger partial charge in [-0.25, -0.2) is 4.79 Å². The van der Waals surface area contributed by atoms with Gasteiger partial charge in [-0.3, -0.25) is 4.79 Å². The van der Waals surface area contributed by atoms with Gasteiger partial charge in [-0.2, -0.15) is 0 Å². The molecule has 0 saturated heterocycles. The number of rotatable bonds is 4. The molecule has 0 unspecified atom stereocenters. The van der Waals surface area contributed by atoms with E-state index in [0.717, 1.165) is 10.0 Å². The molecule has 2 aromatic carbocycles. The van der Waals surface area contributed by atoms with Gasteiger partial charge in [0.1, 0.15) is 17.1 Å². The predicted octanol–water partition coefficient (Wildman–Crippen LogP) is 4.47. The number of ether oxygens (including phenoxy) is 2. The molecule has 0 amide bonds. The van der Waals surface area contributed by atoms with Gasteiger partial charge in [-0.15, -0.1) is 0 Å². The highest BCUT2D eigenvalue weighted by atomic mass is 79.9. The molecular formula is C20H17BrO5. The van der Waals surface area contributed by atoms with Gasteiger partial charge in [-0.1, -0.05) is 28.1 Å². The lowest BCUT2D eigenvalue weighted by Crippen LogP contribution is -2.24. The van der Waals surface area contributed by atoms with Crippen LogP contribution in [0, 0.1) is 6.92 Å². The molecule has 5 nitrogen and oxygen atoms in total. The van der Waals surface area contributed by atoms with Gasteiger partial charge >= 0.3 is 5.97 Å². The molecule has 3 aromatic rings. The van der Waals surface area contributed by atoms with Crippen LogP contribution in [0.15, 0.2) is 56.1 Å². The zero-order valence-electron chi connectivity index (χ0n) is 14.5. The van der Waals surface area contributed by atoms with Crippen molar-refractivity contribution in [3.63, 3.8) is 0 Å². The summed E-state index contributed by atoms with van der Waals surface area (Å²) in [6.45, 7) is 3.34. The fourth-order valence-electron chi connectivity index (χ4n) is 2.73. The standard InChI is InChI=1S/C20H17BrO5/c1-11-18(13-4-6-14(21)7-5-13)19(22)16-9-8-15(10-17(16)26-11)25-12(2)20(23)24-3/h4-10,12H,1-3H3/t12-/m1/s1. The minimum absolute atomic E-state index is 0.112. The van der Waals surface area contributed by atoms with E-state index in [9.17, 15) is 9.59 Å². The number of esters is 1. The first-order valence-corrected chi connectivity index (χ1v) is 8.78. The first-order chi connectivity index (χ1) is 12.4. The Hall–Kier alpha value is -2.60. The van der Waals surface area contributed by atoms with Crippen molar-refractivity contribution in [1.82, 2.24) is 0 Å². The molecule has 0 N–H and O–H groups in total. The second-order valence-electron chi connectivity index (χ2n) is 5.81. The van der Waals surface area contributed by atoms with Crippen molar-refractivity contribution >= 4 is 32.9 Å². The van der Waals surface area contributed by atoms with Crippen LogP contribution in [0.5, 0.6) is 5.75 Å². The Bertz CT molecular complexity index is 1020. The number of halogens is 1. The normalized spacial score (nSPS) is 12.0. The van der Waals surface area contributed by atoms with Crippen LogP contribution < -0.4 is 10.2 Å². The van der Waals surface area contributed by atoms with Crippen LogP contribution in [0.3, 0.4) is 0 Å². The van der Waals surface area contributed by atoms with Crippen LogP contribution in [0.4, 0.5) is 0 Å². The van der Waals surface area contributed by atoms with Crippen molar-refractivity contribution in [2.24, 2.45) is 0 Å². The Labute approximate surface area is 158 Å². The number of hydrogen-bond donors (Lipinski definition) is 0. The van der Waals surface area contributed by atoms with Gasteiger partial charge in [0.2, 0.25) is 5.43 Å². The number of carbonyl (C=O) groups excluding carboxylic acids is 1. The molecule has 0 saturated carbocycles. The van der Waals surface area contributed by atoms with Crippen LogP contribution in [-0.2, 0) is 9.53 Å². The van der Waals surface area contributed by atoms with Crippen LogP contribution in [-0.4, -0.2) is 19.2 Å². The van der Waals surface area contributed by atoms with Gasteiger partial charge in [0.05, 0.1) is 18.1 Å². The maximum Gasteiger partial charge on any atom is 0.346 e. The summed E-state index contributed by atoms with van der Waals surface area (Å²) in [6.07, 6.45) is -0.757. The van der Waals surface area contributed by atoms with E-state index >= 15 is 0 Å². The minimum atomic E-state index is -0.757. The van der Waals surface area contributed by atoms with Crippen molar-refractivity contribution in [2.45, 2.75) is 20.0 Å². The van der Waals surface area contributed by atoms with Gasteiger partial charge < -0.3 is 13.9 Å². The van der Waals surface area contributed by atoms with Gasteiger partial charge in [0.15, 0.2) is 6.10 Å². The monoisotopic (exact) mass is 416 g/mol. The molecule has 6 heteroatoms. The second kappa shape index (κ2) is 7.33.